The Hall–Kier alpha value is -3.17. The van der Waals surface area contributed by atoms with E-state index in [4.69, 9.17) is 20.4 Å². The Kier molecular flexibility index (Phi) is 6.65. The van der Waals surface area contributed by atoms with Crippen LogP contribution in [0.2, 0.25) is 0 Å². The molecule has 1 aliphatic heterocycles. The van der Waals surface area contributed by atoms with Crippen molar-refractivity contribution >= 4 is 30.1 Å². The molecule has 0 amide bonds. The molecule has 0 spiro atoms. The molecule has 1 aliphatic rings. The van der Waals surface area contributed by atoms with Crippen LogP contribution in [-0.2, 0) is 19.2 Å². The average molecular weight is 340 g/mol. The third-order valence-electron chi connectivity index (χ3n) is 3.10. The van der Waals surface area contributed by atoms with Gasteiger partial charge < -0.3 is 25.7 Å². The number of carbonyl (C=O) groups is 4. The van der Waals surface area contributed by atoms with Gasteiger partial charge in [-0.05, 0) is 24.1 Å². The maximum absolute atomic E-state index is 11.0. The monoisotopic (exact) mass is 340 g/mol. The second kappa shape index (κ2) is 8.46. The van der Waals surface area contributed by atoms with Crippen molar-refractivity contribution in [2.45, 2.75) is 31.3 Å². The standard InChI is InChI=1S/C14H16N2O8/c17-11(18)2-1-8(12(19)20)15-4-3-7-5-9(13(21)22)16-10(6-7)14(23)24/h3-5,8,10,16H,1-2,6H2,(H,17,18)(H,19,20)(H,21,22)(H,23,24)/b7-3+,15-4?/t8-,10-/m0/s1. The Balaban J connectivity index is 2.90. The lowest BCUT2D eigenvalue weighted by atomic mass is 10.00. The Bertz CT molecular complexity index is 635. The number of nitrogens with zero attached hydrogens (tertiary/aromatic N) is 1. The fraction of sp³-hybridized carbons (Fsp3) is 0.357. The minimum Gasteiger partial charge on any atom is -0.481 e. The summed E-state index contributed by atoms with van der Waals surface area (Å²) in [5.41, 5.74) is 0.0404. The molecule has 0 aromatic carbocycles. The van der Waals surface area contributed by atoms with Crippen LogP contribution < -0.4 is 5.32 Å². The summed E-state index contributed by atoms with van der Waals surface area (Å²) in [7, 11) is 0. The van der Waals surface area contributed by atoms with E-state index in [0.29, 0.717) is 5.57 Å². The molecule has 0 bridgehead atoms. The molecule has 5 N–H and O–H groups in total. The second-order valence-corrected chi connectivity index (χ2v) is 4.93. The number of rotatable bonds is 8. The molecular weight excluding hydrogens is 324 g/mol. The van der Waals surface area contributed by atoms with Crippen LogP contribution in [0.1, 0.15) is 19.3 Å². The maximum atomic E-state index is 11.0. The van der Waals surface area contributed by atoms with Gasteiger partial charge in [-0.2, -0.15) is 0 Å². The molecule has 0 aromatic rings. The van der Waals surface area contributed by atoms with Gasteiger partial charge in [0, 0.05) is 19.1 Å². The zero-order valence-electron chi connectivity index (χ0n) is 12.4. The van der Waals surface area contributed by atoms with Gasteiger partial charge in [-0.3, -0.25) is 9.79 Å². The fourth-order valence-electron chi connectivity index (χ4n) is 1.91. The molecule has 0 unspecified atom stereocenters. The molecule has 0 radical (unpaired) electrons. The normalized spacial score (nSPS) is 20.2. The summed E-state index contributed by atoms with van der Waals surface area (Å²) < 4.78 is 0. The van der Waals surface area contributed by atoms with E-state index >= 15 is 0 Å². The van der Waals surface area contributed by atoms with E-state index in [9.17, 15) is 19.2 Å². The van der Waals surface area contributed by atoms with Gasteiger partial charge in [0.05, 0.1) is 0 Å². The van der Waals surface area contributed by atoms with E-state index in [0.717, 1.165) is 6.21 Å². The van der Waals surface area contributed by atoms with Crippen LogP contribution in [0.4, 0.5) is 0 Å². The van der Waals surface area contributed by atoms with Crippen LogP contribution in [-0.4, -0.2) is 62.6 Å². The van der Waals surface area contributed by atoms with Gasteiger partial charge in [-0.15, -0.1) is 0 Å². The number of hydrogen-bond donors (Lipinski definition) is 5. The number of carboxylic acids is 4. The molecule has 2 atom stereocenters. The molecule has 0 saturated carbocycles. The first-order valence-corrected chi connectivity index (χ1v) is 6.82. The summed E-state index contributed by atoms with van der Waals surface area (Å²) >= 11 is 0. The fourth-order valence-corrected chi connectivity index (χ4v) is 1.91. The smallest absolute Gasteiger partial charge is 0.351 e. The highest BCUT2D eigenvalue weighted by Crippen LogP contribution is 2.16. The van der Waals surface area contributed by atoms with E-state index in [1.807, 2.05) is 0 Å². The maximum Gasteiger partial charge on any atom is 0.351 e. The van der Waals surface area contributed by atoms with Crippen LogP contribution in [0.25, 0.3) is 0 Å². The zero-order valence-corrected chi connectivity index (χ0v) is 12.4. The van der Waals surface area contributed by atoms with E-state index < -0.39 is 36.0 Å². The second-order valence-electron chi connectivity index (χ2n) is 4.93. The van der Waals surface area contributed by atoms with Gasteiger partial charge in [0.2, 0.25) is 0 Å². The third-order valence-corrected chi connectivity index (χ3v) is 3.10. The van der Waals surface area contributed by atoms with Gasteiger partial charge >= 0.3 is 23.9 Å². The Morgan fingerprint density at radius 1 is 1.25 bits per heavy atom. The summed E-state index contributed by atoms with van der Waals surface area (Å²) in [5.74, 6) is -4.99. The first kappa shape index (κ1) is 18.9. The van der Waals surface area contributed by atoms with Crippen molar-refractivity contribution in [1.82, 2.24) is 5.32 Å². The molecule has 24 heavy (non-hydrogen) atoms. The van der Waals surface area contributed by atoms with Crippen molar-refractivity contribution < 1.29 is 39.6 Å². The Labute approximate surface area is 135 Å². The summed E-state index contributed by atoms with van der Waals surface area (Å²) in [6, 6.07) is -2.37. The zero-order chi connectivity index (χ0) is 18.3. The van der Waals surface area contributed by atoms with Gasteiger partial charge in [0.15, 0.2) is 0 Å². The van der Waals surface area contributed by atoms with Crippen molar-refractivity contribution in [2.24, 2.45) is 4.99 Å². The van der Waals surface area contributed by atoms with Gasteiger partial charge in [0.1, 0.15) is 17.8 Å². The lowest BCUT2D eigenvalue weighted by Crippen LogP contribution is -2.41. The minimum atomic E-state index is -1.33. The van der Waals surface area contributed by atoms with Crippen molar-refractivity contribution in [3.63, 3.8) is 0 Å². The van der Waals surface area contributed by atoms with Crippen molar-refractivity contribution in [1.29, 1.82) is 0 Å². The lowest BCUT2D eigenvalue weighted by molar-refractivity contribution is -0.141. The van der Waals surface area contributed by atoms with Crippen molar-refractivity contribution in [3.8, 4) is 0 Å². The number of nitrogens with one attached hydrogen (secondary N) is 1. The Morgan fingerprint density at radius 3 is 2.42 bits per heavy atom. The SMILES string of the molecule is O=C(O)CC[C@H](N=C/C=C1\C=C(C(=O)O)N[C@H](C(=O)O)C1)C(=O)O. The van der Waals surface area contributed by atoms with Gasteiger partial charge in [0.25, 0.3) is 0 Å². The molecule has 0 fully saturated rings. The summed E-state index contributed by atoms with van der Waals surface area (Å²) in [4.78, 5) is 47.1. The number of allylic oxidation sites excluding steroid dienone is 2. The highest BCUT2D eigenvalue weighted by atomic mass is 16.4. The number of aliphatic imine (C=N–C) groups is 1. The van der Waals surface area contributed by atoms with Crippen LogP contribution in [0.3, 0.4) is 0 Å². The molecule has 1 rings (SSSR count). The highest BCUT2D eigenvalue weighted by Gasteiger charge is 2.26. The van der Waals surface area contributed by atoms with E-state index in [2.05, 4.69) is 10.3 Å². The van der Waals surface area contributed by atoms with E-state index in [1.165, 1.54) is 12.2 Å². The van der Waals surface area contributed by atoms with Crippen LogP contribution >= 0.6 is 0 Å². The molecular formula is C14H16N2O8. The molecule has 0 saturated heterocycles. The molecule has 0 aromatic heterocycles. The van der Waals surface area contributed by atoms with Crippen molar-refractivity contribution in [2.75, 3.05) is 0 Å². The van der Waals surface area contributed by atoms with Gasteiger partial charge in [-0.25, -0.2) is 14.4 Å². The summed E-state index contributed by atoms with van der Waals surface area (Å²) in [6.07, 6.45) is 3.07. The molecule has 0 aliphatic carbocycles. The molecule has 10 heteroatoms. The predicted molar refractivity (Wildman–Crippen MR) is 79.8 cm³/mol. The highest BCUT2D eigenvalue weighted by molar-refractivity contribution is 5.90. The largest absolute Gasteiger partial charge is 0.481 e. The number of carboxylic acid groups (broad SMARTS) is 4. The van der Waals surface area contributed by atoms with Crippen molar-refractivity contribution in [3.05, 3.63) is 23.4 Å². The molecule has 10 nitrogen and oxygen atoms in total. The first-order chi connectivity index (χ1) is 11.2. The molecule has 1 heterocycles. The third kappa shape index (κ3) is 5.91. The quantitative estimate of drug-likeness (QED) is 0.372. The number of aliphatic carboxylic acids is 4. The summed E-state index contributed by atoms with van der Waals surface area (Å²) in [5, 5.41) is 37.8. The Morgan fingerprint density at radius 2 is 1.92 bits per heavy atom. The molecule has 130 valence electrons. The van der Waals surface area contributed by atoms with Crippen LogP contribution in [0.15, 0.2) is 28.4 Å². The summed E-state index contributed by atoms with van der Waals surface area (Å²) in [6.45, 7) is 0. The number of hydrogen-bond acceptors (Lipinski definition) is 6. The van der Waals surface area contributed by atoms with Crippen LogP contribution in [0, 0.1) is 0 Å². The predicted octanol–water partition coefficient (Wildman–Crippen LogP) is -0.283. The minimum absolute atomic E-state index is 0.00893. The van der Waals surface area contributed by atoms with E-state index in [-0.39, 0.29) is 25.0 Å². The van der Waals surface area contributed by atoms with Gasteiger partial charge in [-0.1, -0.05) is 0 Å². The first-order valence-electron chi connectivity index (χ1n) is 6.82. The lowest BCUT2D eigenvalue weighted by Gasteiger charge is -2.21. The van der Waals surface area contributed by atoms with E-state index in [1.54, 1.807) is 0 Å². The van der Waals surface area contributed by atoms with Crippen LogP contribution in [0.5, 0.6) is 0 Å². The average Bonchev–Trinajstić information content (AvgIpc) is 2.49. The topological polar surface area (TPSA) is 174 Å².